The lowest BCUT2D eigenvalue weighted by atomic mass is 10.0. The first-order valence-corrected chi connectivity index (χ1v) is 9.89. The molecule has 0 heterocycles. The van der Waals surface area contributed by atoms with Crippen molar-refractivity contribution in [3.05, 3.63) is 99.6 Å². The number of carbonyl (C=O) groups is 1. The molecular weight excluding hydrogens is 396 g/mol. The lowest BCUT2D eigenvalue weighted by molar-refractivity contribution is -0.384. The molecule has 31 heavy (non-hydrogen) atoms. The minimum Gasteiger partial charge on any atom is -0.496 e. The average Bonchev–Trinajstić information content (AvgIpc) is 2.79. The molecule has 0 aliphatic heterocycles. The van der Waals surface area contributed by atoms with Crippen molar-refractivity contribution in [1.29, 1.82) is 0 Å². The Bertz CT molecular complexity index is 1040. The first-order valence-electron chi connectivity index (χ1n) is 9.89. The molecule has 3 aromatic rings. The van der Waals surface area contributed by atoms with E-state index in [4.69, 9.17) is 9.47 Å². The van der Waals surface area contributed by atoms with E-state index in [1.54, 1.807) is 13.2 Å². The number of methoxy groups -OCH3 is 1. The molecular formula is C24H24N2O5. The highest BCUT2D eigenvalue weighted by molar-refractivity contribution is 5.77. The number of nitro groups is 1. The first kappa shape index (κ1) is 21.8. The number of benzene rings is 3. The Morgan fingerprint density at radius 2 is 1.71 bits per heavy atom. The summed E-state index contributed by atoms with van der Waals surface area (Å²) in [7, 11) is 1.61. The van der Waals surface area contributed by atoms with Crippen LogP contribution in [0.15, 0.2) is 72.8 Å². The molecule has 1 amide bonds. The van der Waals surface area contributed by atoms with Gasteiger partial charge in [0.15, 0.2) is 6.61 Å². The highest BCUT2D eigenvalue weighted by Gasteiger charge is 2.14. The van der Waals surface area contributed by atoms with Crippen molar-refractivity contribution in [2.45, 2.75) is 12.8 Å². The predicted octanol–water partition coefficient (Wildman–Crippen LogP) is 3.93. The van der Waals surface area contributed by atoms with Crippen LogP contribution in [0.1, 0.15) is 16.7 Å². The monoisotopic (exact) mass is 420 g/mol. The zero-order chi connectivity index (χ0) is 22.1. The van der Waals surface area contributed by atoms with Crippen LogP contribution in [0.5, 0.6) is 11.5 Å². The molecule has 0 saturated heterocycles. The normalized spacial score (nSPS) is 10.4. The van der Waals surface area contributed by atoms with E-state index in [-0.39, 0.29) is 18.2 Å². The van der Waals surface area contributed by atoms with Crippen molar-refractivity contribution >= 4 is 11.6 Å². The van der Waals surface area contributed by atoms with Gasteiger partial charge in [0.2, 0.25) is 0 Å². The van der Waals surface area contributed by atoms with Crippen LogP contribution in [-0.4, -0.2) is 31.1 Å². The molecule has 0 radical (unpaired) electrons. The van der Waals surface area contributed by atoms with Crippen molar-refractivity contribution < 1.29 is 19.2 Å². The van der Waals surface area contributed by atoms with E-state index >= 15 is 0 Å². The average molecular weight is 420 g/mol. The number of rotatable bonds is 10. The minimum atomic E-state index is -0.442. The maximum atomic E-state index is 12.2. The van der Waals surface area contributed by atoms with E-state index in [2.05, 4.69) is 5.32 Å². The Kier molecular flexibility index (Phi) is 7.59. The summed E-state index contributed by atoms with van der Waals surface area (Å²) < 4.78 is 11.0. The molecule has 0 spiro atoms. The largest absolute Gasteiger partial charge is 0.496 e. The minimum absolute atomic E-state index is 0.0143. The summed E-state index contributed by atoms with van der Waals surface area (Å²) in [5, 5.41) is 14.0. The number of para-hydroxylation sites is 1. The molecule has 0 unspecified atom stereocenters. The summed E-state index contributed by atoms with van der Waals surface area (Å²) in [6, 6.07) is 21.6. The SMILES string of the molecule is COc1ccccc1CCNC(=O)COc1ccc([N+](=O)[O-])cc1Cc1ccccc1. The number of nitrogens with one attached hydrogen (secondary N) is 1. The van der Waals surface area contributed by atoms with Gasteiger partial charge in [0, 0.05) is 30.7 Å². The van der Waals surface area contributed by atoms with Gasteiger partial charge in [0.1, 0.15) is 11.5 Å². The Labute approximate surface area is 180 Å². The standard InChI is InChI=1S/C24H24N2O5/c1-30-22-10-6-5-9-19(22)13-14-25-24(27)17-31-23-12-11-21(26(28)29)16-20(23)15-18-7-3-2-4-8-18/h2-12,16H,13-15,17H2,1H3,(H,25,27). The Morgan fingerprint density at radius 3 is 2.45 bits per heavy atom. The Hall–Kier alpha value is -3.87. The van der Waals surface area contributed by atoms with Crippen LogP contribution in [0.2, 0.25) is 0 Å². The van der Waals surface area contributed by atoms with E-state index in [1.807, 2.05) is 54.6 Å². The third-order valence-electron chi connectivity index (χ3n) is 4.76. The first-order chi connectivity index (χ1) is 15.1. The highest BCUT2D eigenvalue weighted by Crippen LogP contribution is 2.26. The van der Waals surface area contributed by atoms with Crippen molar-refractivity contribution in [1.82, 2.24) is 5.32 Å². The van der Waals surface area contributed by atoms with Gasteiger partial charge >= 0.3 is 0 Å². The zero-order valence-corrected chi connectivity index (χ0v) is 17.2. The summed E-state index contributed by atoms with van der Waals surface area (Å²) in [6.07, 6.45) is 1.10. The molecule has 0 aliphatic rings. The van der Waals surface area contributed by atoms with E-state index in [1.165, 1.54) is 12.1 Å². The second-order valence-electron chi connectivity index (χ2n) is 6.91. The number of carbonyl (C=O) groups excluding carboxylic acids is 1. The number of hydrogen-bond acceptors (Lipinski definition) is 5. The van der Waals surface area contributed by atoms with Gasteiger partial charge in [-0.25, -0.2) is 0 Å². The van der Waals surface area contributed by atoms with Crippen LogP contribution in [0, 0.1) is 10.1 Å². The van der Waals surface area contributed by atoms with Crippen LogP contribution in [0.25, 0.3) is 0 Å². The molecule has 1 N–H and O–H groups in total. The summed E-state index contributed by atoms with van der Waals surface area (Å²) in [5.74, 6) is 0.970. The fourth-order valence-corrected chi connectivity index (χ4v) is 3.21. The molecule has 0 aliphatic carbocycles. The number of nitro benzene ring substituents is 1. The van der Waals surface area contributed by atoms with Gasteiger partial charge in [-0.2, -0.15) is 0 Å². The van der Waals surface area contributed by atoms with E-state index in [9.17, 15) is 14.9 Å². The van der Waals surface area contributed by atoms with Crippen molar-refractivity contribution in [2.75, 3.05) is 20.3 Å². The topological polar surface area (TPSA) is 90.7 Å². The number of ether oxygens (including phenoxy) is 2. The van der Waals surface area contributed by atoms with Crippen LogP contribution in [0.3, 0.4) is 0 Å². The lowest BCUT2D eigenvalue weighted by Gasteiger charge is -2.12. The van der Waals surface area contributed by atoms with Gasteiger partial charge in [-0.05, 0) is 29.7 Å². The third-order valence-corrected chi connectivity index (χ3v) is 4.76. The molecule has 0 fully saturated rings. The Morgan fingerprint density at radius 1 is 0.968 bits per heavy atom. The quantitative estimate of drug-likeness (QED) is 0.396. The van der Waals surface area contributed by atoms with Gasteiger partial charge in [0.25, 0.3) is 11.6 Å². The van der Waals surface area contributed by atoms with Gasteiger partial charge in [-0.1, -0.05) is 48.5 Å². The lowest BCUT2D eigenvalue weighted by Crippen LogP contribution is -2.30. The fraction of sp³-hybridized carbons (Fsp3) is 0.208. The van der Waals surface area contributed by atoms with Gasteiger partial charge in [-0.3, -0.25) is 14.9 Å². The molecule has 0 atom stereocenters. The van der Waals surface area contributed by atoms with Gasteiger partial charge < -0.3 is 14.8 Å². The molecule has 0 aromatic heterocycles. The predicted molar refractivity (Wildman–Crippen MR) is 118 cm³/mol. The summed E-state index contributed by atoms with van der Waals surface area (Å²) in [6.45, 7) is 0.269. The maximum absolute atomic E-state index is 12.2. The molecule has 3 rings (SSSR count). The van der Waals surface area contributed by atoms with Crippen molar-refractivity contribution in [2.24, 2.45) is 0 Å². The van der Waals surface area contributed by atoms with Crippen LogP contribution < -0.4 is 14.8 Å². The van der Waals surface area contributed by atoms with E-state index < -0.39 is 4.92 Å². The molecule has 160 valence electrons. The van der Waals surface area contributed by atoms with Crippen LogP contribution in [0.4, 0.5) is 5.69 Å². The number of hydrogen-bond donors (Lipinski definition) is 1. The fourth-order valence-electron chi connectivity index (χ4n) is 3.21. The van der Waals surface area contributed by atoms with Gasteiger partial charge in [0.05, 0.1) is 12.0 Å². The van der Waals surface area contributed by atoms with E-state index in [0.29, 0.717) is 30.7 Å². The van der Waals surface area contributed by atoms with Crippen LogP contribution in [-0.2, 0) is 17.6 Å². The molecule has 0 saturated carbocycles. The third kappa shape index (κ3) is 6.30. The zero-order valence-electron chi connectivity index (χ0n) is 17.2. The molecule has 0 bridgehead atoms. The molecule has 3 aromatic carbocycles. The number of nitrogens with zero attached hydrogens (tertiary/aromatic N) is 1. The number of amides is 1. The Balaban J connectivity index is 1.59. The maximum Gasteiger partial charge on any atom is 0.269 e. The van der Waals surface area contributed by atoms with E-state index in [0.717, 1.165) is 16.9 Å². The summed E-state index contributed by atoms with van der Waals surface area (Å²) >= 11 is 0. The number of non-ortho nitro benzene ring substituents is 1. The summed E-state index contributed by atoms with van der Waals surface area (Å²) in [4.78, 5) is 22.9. The smallest absolute Gasteiger partial charge is 0.269 e. The highest BCUT2D eigenvalue weighted by atomic mass is 16.6. The molecule has 7 nitrogen and oxygen atoms in total. The van der Waals surface area contributed by atoms with Gasteiger partial charge in [-0.15, -0.1) is 0 Å². The van der Waals surface area contributed by atoms with Crippen molar-refractivity contribution in [3.63, 3.8) is 0 Å². The second kappa shape index (κ2) is 10.8. The second-order valence-corrected chi connectivity index (χ2v) is 6.91. The van der Waals surface area contributed by atoms with Crippen LogP contribution >= 0.6 is 0 Å². The molecule has 7 heteroatoms. The van der Waals surface area contributed by atoms with Crippen molar-refractivity contribution in [3.8, 4) is 11.5 Å². The summed E-state index contributed by atoms with van der Waals surface area (Å²) in [5.41, 5.74) is 2.64.